The lowest BCUT2D eigenvalue weighted by atomic mass is 9.90. The summed E-state index contributed by atoms with van der Waals surface area (Å²) in [6.07, 6.45) is 4.23. The Morgan fingerprint density at radius 3 is 2.57 bits per heavy atom. The molecule has 3 aromatic rings. The van der Waals surface area contributed by atoms with E-state index in [1.165, 1.54) is 6.07 Å². The Labute approximate surface area is 246 Å². The Morgan fingerprint density at radius 2 is 1.88 bits per heavy atom. The molecule has 3 aliphatic rings. The molecule has 2 fully saturated rings. The maximum atomic E-state index is 13.6. The van der Waals surface area contributed by atoms with Crippen molar-refractivity contribution in [2.75, 3.05) is 16.8 Å². The summed E-state index contributed by atoms with van der Waals surface area (Å²) in [7, 11) is -4.30. The Hall–Kier alpha value is -4.04. The van der Waals surface area contributed by atoms with Gasteiger partial charge in [-0.05, 0) is 80.8 Å². The highest BCUT2D eigenvalue weighted by molar-refractivity contribution is 7.90. The van der Waals surface area contributed by atoms with Gasteiger partial charge in [0.05, 0.1) is 22.9 Å². The first-order valence-corrected chi connectivity index (χ1v) is 15.7. The minimum Gasteiger partial charge on any atom is -0.362 e. The minimum absolute atomic E-state index is 0.0186. The van der Waals surface area contributed by atoms with E-state index < -0.39 is 15.9 Å². The molecular formula is C31H35N7O3S. The van der Waals surface area contributed by atoms with Gasteiger partial charge in [0.2, 0.25) is 0 Å². The molecule has 6 rings (SSSR count). The third kappa shape index (κ3) is 4.98. The predicted octanol–water partition coefficient (Wildman–Crippen LogP) is 4.71. The van der Waals surface area contributed by atoms with Gasteiger partial charge in [-0.15, -0.1) is 0 Å². The van der Waals surface area contributed by atoms with Crippen LogP contribution in [0.2, 0.25) is 0 Å². The summed E-state index contributed by atoms with van der Waals surface area (Å²) in [5.41, 5.74) is 1.70. The van der Waals surface area contributed by atoms with Crippen molar-refractivity contribution >= 4 is 27.6 Å². The molecule has 4 bridgehead atoms. The van der Waals surface area contributed by atoms with E-state index in [2.05, 4.69) is 65.6 Å². The summed E-state index contributed by atoms with van der Waals surface area (Å²) in [5, 5.41) is 12.4. The number of anilines is 2. The molecule has 0 radical (unpaired) electrons. The average Bonchev–Trinajstić information content (AvgIpc) is 3.50. The fraction of sp³-hybridized carbons (Fsp3) is 0.452. The van der Waals surface area contributed by atoms with Crippen molar-refractivity contribution in [2.45, 2.75) is 75.9 Å². The molecule has 2 N–H and O–H groups in total. The lowest BCUT2D eigenvalue weighted by Crippen LogP contribution is -2.41. The summed E-state index contributed by atoms with van der Waals surface area (Å²) in [4.78, 5) is 29.8. The van der Waals surface area contributed by atoms with Crippen molar-refractivity contribution < 1.29 is 13.2 Å². The summed E-state index contributed by atoms with van der Waals surface area (Å²) in [6.45, 7) is 11.2. The highest BCUT2D eigenvalue weighted by Crippen LogP contribution is 2.65. The second-order valence-corrected chi connectivity index (χ2v) is 15.1. The van der Waals surface area contributed by atoms with Gasteiger partial charge in [0, 0.05) is 29.4 Å². The first-order chi connectivity index (χ1) is 19.7. The smallest absolute Gasteiger partial charge is 0.281 e. The fourth-order valence-electron chi connectivity index (χ4n) is 6.60. The number of carbonyl (C=O) groups is 1. The average molecular weight is 586 g/mol. The van der Waals surface area contributed by atoms with Gasteiger partial charge in [-0.2, -0.15) is 13.7 Å². The molecule has 5 heterocycles. The molecule has 1 saturated carbocycles. The van der Waals surface area contributed by atoms with Crippen molar-refractivity contribution in [3.05, 3.63) is 71.2 Å². The Balaban J connectivity index is 1.48. The quantitative estimate of drug-likeness (QED) is 0.415. The molecule has 10 nitrogen and oxygen atoms in total. The topological polar surface area (TPSA) is 141 Å². The van der Waals surface area contributed by atoms with Crippen LogP contribution in [0.25, 0.3) is 0 Å². The van der Waals surface area contributed by atoms with Crippen LogP contribution in [-0.2, 0) is 15.4 Å². The summed E-state index contributed by atoms with van der Waals surface area (Å²) >= 11 is 0. The highest BCUT2D eigenvalue weighted by Gasteiger charge is 2.63. The van der Waals surface area contributed by atoms with E-state index in [1.807, 2.05) is 6.07 Å². The van der Waals surface area contributed by atoms with Gasteiger partial charge in [0.15, 0.2) is 5.03 Å². The van der Waals surface area contributed by atoms with Crippen LogP contribution in [0.3, 0.4) is 0 Å². The van der Waals surface area contributed by atoms with Crippen LogP contribution in [0.15, 0.2) is 53.7 Å². The number of pyridine rings is 3. The number of sulfonamides is 1. The molecule has 3 atom stereocenters. The molecule has 2 aliphatic heterocycles. The second kappa shape index (κ2) is 9.49. The lowest BCUT2D eigenvalue weighted by molar-refractivity contribution is 0.0981. The molecule has 218 valence electrons. The SMILES string of the molecule is CC(C)(C)c1ccc2c(n1)N1CC3(CC3CC(c3ccc(C#N)cn3)Nc3cccc(n3)S(=O)(=O)NC2=O)CC1(C)C. The van der Waals surface area contributed by atoms with Gasteiger partial charge in [0.1, 0.15) is 17.7 Å². The molecule has 3 unspecified atom stereocenters. The third-order valence-electron chi connectivity index (χ3n) is 8.83. The molecule has 11 heteroatoms. The van der Waals surface area contributed by atoms with Crippen LogP contribution in [-0.4, -0.2) is 41.4 Å². The maximum Gasteiger partial charge on any atom is 0.281 e. The standard InChI is InChI=1S/C31H35N7O3S/c1-29(2,3)24-12-10-21-27(35-24)38-18-31(17-30(38,4)5)14-20(31)13-23(22-11-9-19(15-32)16-33-22)34-25-7-6-8-26(36-25)42(40,41)37-28(21)39/h6-12,16,20,23H,13-14,17-18H2,1-5H3,(H,34,36)(H,37,39). The van der Waals surface area contributed by atoms with Gasteiger partial charge in [-0.3, -0.25) is 9.78 Å². The van der Waals surface area contributed by atoms with Crippen molar-refractivity contribution in [3.8, 4) is 6.07 Å². The van der Waals surface area contributed by atoms with E-state index >= 15 is 0 Å². The van der Waals surface area contributed by atoms with Crippen LogP contribution < -0.4 is 14.9 Å². The molecule has 3 aromatic heterocycles. The highest BCUT2D eigenvalue weighted by atomic mass is 32.2. The number of hydrogen-bond acceptors (Lipinski definition) is 9. The number of aromatic nitrogens is 3. The van der Waals surface area contributed by atoms with Gasteiger partial charge in [-0.1, -0.05) is 26.8 Å². The van der Waals surface area contributed by atoms with Gasteiger partial charge < -0.3 is 10.2 Å². The molecule has 1 saturated heterocycles. The molecule has 42 heavy (non-hydrogen) atoms. The van der Waals surface area contributed by atoms with E-state index in [0.29, 0.717) is 29.7 Å². The number of nitrogens with one attached hydrogen (secondary N) is 2. The van der Waals surface area contributed by atoms with Crippen LogP contribution >= 0.6 is 0 Å². The first-order valence-electron chi connectivity index (χ1n) is 14.2. The van der Waals surface area contributed by atoms with Crippen molar-refractivity contribution in [1.29, 1.82) is 5.26 Å². The van der Waals surface area contributed by atoms with Crippen LogP contribution in [0.4, 0.5) is 11.6 Å². The first kappa shape index (κ1) is 28.1. The number of hydrogen-bond donors (Lipinski definition) is 2. The number of nitrogens with zero attached hydrogens (tertiary/aromatic N) is 5. The van der Waals surface area contributed by atoms with E-state index in [0.717, 1.165) is 30.7 Å². The van der Waals surface area contributed by atoms with Crippen LogP contribution in [0, 0.1) is 22.7 Å². The van der Waals surface area contributed by atoms with Crippen LogP contribution in [0.5, 0.6) is 0 Å². The second-order valence-electron chi connectivity index (χ2n) is 13.5. The zero-order chi connectivity index (χ0) is 30.1. The minimum atomic E-state index is -4.30. The zero-order valence-electron chi connectivity index (χ0n) is 24.5. The summed E-state index contributed by atoms with van der Waals surface area (Å²) in [6, 6.07) is 13.6. The number of fused-ring (bicyclic) bond motifs is 5. The third-order valence-corrected chi connectivity index (χ3v) is 10.1. The normalized spacial score (nSPS) is 25.9. The van der Waals surface area contributed by atoms with Gasteiger partial charge in [-0.25, -0.2) is 14.7 Å². The van der Waals surface area contributed by atoms with Gasteiger partial charge >= 0.3 is 0 Å². The van der Waals surface area contributed by atoms with Crippen LogP contribution in [0.1, 0.15) is 87.2 Å². The summed E-state index contributed by atoms with van der Waals surface area (Å²) < 4.78 is 29.1. The Kier molecular flexibility index (Phi) is 6.35. The fourth-order valence-corrected chi connectivity index (χ4v) is 7.53. The molecule has 1 aliphatic carbocycles. The number of rotatable bonds is 1. The zero-order valence-corrected chi connectivity index (χ0v) is 25.3. The van der Waals surface area contributed by atoms with E-state index in [1.54, 1.807) is 36.5 Å². The molecular weight excluding hydrogens is 550 g/mol. The van der Waals surface area contributed by atoms with E-state index in [4.69, 9.17) is 4.98 Å². The number of amides is 1. The van der Waals surface area contributed by atoms with Crippen molar-refractivity contribution in [2.24, 2.45) is 11.3 Å². The van der Waals surface area contributed by atoms with Crippen molar-refractivity contribution in [1.82, 2.24) is 19.7 Å². The Morgan fingerprint density at radius 1 is 1.10 bits per heavy atom. The number of nitriles is 1. The largest absolute Gasteiger partial charge is 0.362 e. The molecule has 1 spiro atoms. The lowest BCUT2D eigenvalue weighted by Gasteiger charge is -2.34. The van der Waals surface area contributed by atoms with E-state index in [-0.39, 0.29) is 33.0 Å². The Bertz CT molecular complexity index is 1720. The summed E-state index contributed by atoms with van der Waals surface area (Å²) in [5.74, 6) is 0.479. The van der Waals surface area contributed by atoms with E-state index in [9.17, 15) is 18.5 Å². The maximum absolute atomic E-state index is 13.6. The molecule has 0 aromatic carbocycles. The monoisotopic (exact) mass is 585 g/mol. The number of carbonyl (C=O) groups excluding carboxylic acids is 1. The van der Waals surface area contributed by atoms with Crippen molar-refractivity contribution in [3.63, 3.8) is 0 Å². The van der Waals surface area contributed by atoms with Gasteiger partial charge in [0.25, 0.3) is 15.9 Å². The predicted molar refractivity (Wildman–Crippen MR) is 158 cm³/mol. The molecule has 1 amide bonds.